The molecule has 0 bridgehead atoms. The molecule has 0 aliphatic carbocycles. The molecule has 8 heteroatoms. The standard InChI is InChI=1S/C19H24N4O4/c1-5-9-27-18(24)16-12(3)22-19-20-11-21-23(19)17(16)13-7-8-14(25-4)15(10-13)26-6-2/h7-8,10-11,17H,5-6,9H2,1-4H3,(H,20,21,22). The van der Waals surface area contributed by atoms with Crippen LogP contribution in [0.4, 0.5) is 5.95 Å². The van der Waals surface area contributed by atoms with Crippen molar-refractivity contribution in [1.29, 1.82) is 0 Å². The van der Waals surface area contributed by atoms with Gasteiger partial charge in [-0.05, 0) is 38.0 Å². The Bertz CT molecular complexity index is 859. The fourth-order valence-electron chi connectivity index (χ4n) is 3.07. The quantitative estimate of drug-likeness (QED) is 0.748. The molecule has 0 saturated carbocycles. The predicted molar refractivity (Wildman–Crippen MR) is 99.9 cm³/mol. The Morgan fingerprint density at radius 3 is 2.81 bits per heavy atom. The predicted octanol–water partition coefficient (Wildman–Crippen LogP) is 2.93. The van der Waals surface area contributed by atoms with Crippen molar-refractivity contribution < 1.29 is 19.0 Å². The average Bonchev–Trinajstić information content (AvgIpc) is 3.13. The molecule has 0 radical (unpaired) electrons. The minimum Gasteiger partial charge on any atom is -0.493 e. The van der Waals surface area contributed by atoms with Gasteiger partial charge in [0.25, 0.3) is 0 Å². The van der Waals surface area contributed by atoms with Gasteiger partial charge in [-0.3, -0.25) is 0 Å². The third-order valence-corrected chi connectivity index (χ3v) is 4.25. The van der Waals surface area contributed by atoms with Gasteiger partial charge in [0.2, 0.25) is 5.95 Å². The normalized spacial score (nSPS) is 15.8. The number of benzene rings is 1. The van der Waals surface area contributed by atoms with E-state index in [1.165, 1.54) is 6.33 Å². The molecule has 0 spiro atoms. The first-order valence-corrected chi connectivity index (χ1v) is 8.95. The van der Waals surface area contributed by atoms with Crippen molar-refractivity contribution in [2.75, 3.05) is 25.6 Å². The van der Waals surface area contributed by atoms with Crippen LogP contribution >= 0.6 is 0 Å². The molecular weight excluding hydrogens is 348 g/mol. The van der Waals surface area contributed by atoms with Crippen LogP contribution < -0.4 is 14.8 Å². The second-order valence-electron chi connectivity index (χ2n) is 6.07. The summed E-state index contributed by atoms with van der Waals surface area (Å²) in [5.41, 5.74) is 2.01. The van der Waals surface area contributed by atoms with Crippen molar-refractivity contribution >= 4 is 11.9 Å². The number of allylic oxidation sites excluding steroid dienone is 1. The van der Waals surface area contributed by atoms with E-state index in [9.17, 15) is 4.79 Å². The smallest absolute Gasteiger partial charge is 0.338 e. The average molecular weight is 372 g/mol. The molecule has 1 aliphatic rings. The number of nitrogens with one attached hydrogen (secondary N) is 1. The van der Waals surface area contributed by atoms with Gasteiger partial charge in [0.15, 0.2) is 11.5 Å². The molecule has 8 nitrogen and oxygen atoms in total. The highest BCUT2D eigenvalue weighted by Crippen LogP contribution is 2.38. The van der Waals surface area contributed by atoms with E-state index in [2.05, 4.69) is 15.4 Å². The van der Waals surface area contributed by atoms with Crippen molar-refractivity contribution in [2.45, 2.75) is 33.2 Å². The van der Waals surface area contributed by atoms with Crippen LogP contribution in [-0.4, -0.2) is 41.1 Å². The lowest BCUT2D eigenvalue weighted by Crippen LogP contribution is -2.29. The van der Waals surface area contributed by atoms with Gasteiger partial charge in [-0.2, -0.15) is 10.1 Å². The highest BCUT2D eigenvalue weighted by Gasteiger charge is 2.34. The summed E-state index contributed by atoms with van der Waals surface area (Å²) < 4.78 is 18.2. The van der Waals surface area contributed by atoms with Gasteiger partial charge in [-0.1, -0.05) is 13.0 Å². The number of hydrogen-bond donors (Lipinski definition) is 1. The fraction of sp³-hybridized carbons (Fsp3) is 0.421. The van der Waals surface area contributed by atoms with Gasteiger partial charge in [-0.15, -0.1) is 0 Å². The molecule has 27 heavy (non-hydrogen) atoms. The SMILES string of the molecule is CCCOC(=O)C1=C(C)Nc2ncnn2C1c1ccc(OC)c(OCC)c1. The number of carbonyl (C=O) groups excluding carboxylic acids is 1. The second kappa shape index (κ2) is 8.11. The molecule has 2 heterocycles. The van der Waals surface area contributed by atoms with E-state index in [1.54, 1.807) is 11.8 Å². The molecule has 3 rings (SSSR count). The molecule has 1 aromatic heterocycles. The fourth-order valence-corrected chi connectivity index (χ4v) is 3.07. The van der Waals surface area contributed by atoms with Gasteiger partial charge >= 0.3 is 5.97 Å². The van der Waals surface area contributed by atoms with E-state index >= 15 is 0 Å². The van der Waals surface area contributed by atoms with E-state index in [1.807, 2.05) is 39.0 Å². The Balaban J connectivity index is 2.09. The summed E-state index contributed by atoms with van der Waals surface area (Å²) in [6, 6.07) is 5.11. The van der Waals surface area contributed by atoms with Gasteiger partial charge in [0.05, 0.1) is 25.9 Å². The molecule has 0 fully saturated rings. The summed E-state index contributed by atoms with van der Waals surface area (Å²) in [6.45, 7) is 6.56. The maximum absolute atomic E-state index is 12.8. The van der Waals surface area contributed by atoms with E-state index in [4.69, 9.17) is 14.2 Å². The number of rotatable bonds is 7. The molecular formula is C19H24N4O4. The minimum atomic E-state index is -0.474. The number of esters is 1. The monoisotopic (exact) mass is 372 g/mol. The van der Waals surface area contributed by atoms with Crippen LogP contribution in [0.3, 0.4) is 0 Å². The maximum Gasteiger partial charge on any atom is 0.338 e. The van der Waals surface area contributed by atoms with Crippen LogP contribution in [0.25, 0.3) is 0 Å². The third-order valence-electron chi connectivity index (χ3n) is 4.25. The summed E-state index contributed by atoms with van der Waals surface area (Å²) in [5, 5.41) is 7.43. The van der Waals surface area contributed by atoms with E-state index in [0.29, 0.717) is 41.9 Å². The molecule has 1 aliphatic heterocycles. The first-order valence-electron chi connectivity index (χ1n) is 8.95. The van der Waals surface area contributed by atoms with Crippen molar-refractivity contribution in [2.24, 2.45) is 0 Å². The topological polar surface area (TPSA) is 87.5 Å². The number of hydrogen-bond acceptors (Lipinski definition) is 7. The van der Waals surface area contributed by atoms with Crippen molar-refractivity contribution in [3.63, 3.8) is 0 Å². The van der Waals surface area contributed by atoms with Gasteiger partial charge in [0, 0.05) is 5.70 Å². The first kappa shape index (κ1) is 18.8. The molecule has 2 aromatic rings. The van der Waals surface area contributed by atoms with Crippen LogP contribution in [0.5, 0.6) is 11.5 Å². The summed E-state index contributed by atoms with van der Waals surface area (Å²) in [7, 11) is 1.59. The first-order chi connectivity index (χ1) is 13.1. The summed E-state index contributed by atoms with van der Waals surface area (Å²) in [4.78, 5) is 17.0. The molecule has 144 valence electrons. The number of ether oxygens (including phenoxy) is 3. The summed E-state index contributed by atoms with van der Waals surface area (Å²) in [5.74, 6) is 1.43. The maximum atomic E-state index is 12.8. The van der Waals surface area contributed by atoms with Crippen molar-refractivity contribution in [3.05, 3.63) is 41.4 Å². The van der Waals surface area contributed by atoms with E-state index < -0.39 is 6.04 Å². The molecule has 0 amide bonds. The van der Waals surface area contributed by atoms with Crippen LogP contribution in [0.15, 0.2) is 35.8 Å². The van der Waals surface area contributed by atoms with E-state index in [0.717, 1.165) is 12.0 Å². The van der Waals surface area contributed by atoms with Gasteiger partial charge < -0.3 is 19.5 Å². The highest BCUT2D eigenvalue weighted by atomic mass is 16.5. The van der Waals surface area contributed by atoms with Crippen LogP contribution in [-0.2, 0) is 9.53 Å². The second-order valence-corrected chi connectivity index (χ2v) is 6.07. The van der Waals surface area contributed by atoms with Crippen LogP contribution in [0, 0.1) is 0 Å². The van der Waals surface area contributed by atoms with Gasteiger partial charge in [-0.25, -0.2) is 9.48 Å². The van der Waals surface area contributed by atoms with Crippen molar-refractivity contribution in [3.8, 4) is 11.5 Å². The Morgan fingerprint density at radius 2 is 2.11 bits per heavy atom. The zero-order chi connectivity index (χ0) is 19.4. The Morgan fingerprint density at radius 1 is 1.30 bits per heavy atom. The van der Waals surface area contributed by atoms with Crippen LogP contribution in [0.1, 0.15) is 38.8 Å². The highest BCUT2D eigenvalue weighted by molar-refractivity contribution is 5.92. The molecule has 1 N–H and O–H groups in total. The lowest BCUT2D eigenvalue weighted by Gasteiger charge is -2.28. The molecule has 0 saturated heterocycles. The Hall–Kier alpha value is -3.03. The molecule has 1 aromatic carbocycles. The minimum absolute atomic E-state index is 0.360. The Kier molecular flexibility index (Phi) is 5.63. The van der Waals surface area contributed by atoms with E-state index in [-0.39, 0.29) is 5.97 Å². The number of carbonyl (C=O) groups is 1. The summed E-state index contributed by atoms with van der Waals surface area (Å²) in [6.07, 6.45) is 2.21. The zero-order valence-electron chi connectivity index (χ0n) is 16.0. The zero-order valence-corrected chi connectivity index (χ0v) is 16.0. The number of aromatic nitrogens is 3. The summed E-state index contributed by atoms with van der Waals surface area (Å²) >= 11 is 0. The van der Waals surface area contributed by atoms with Crippen LogP contribution in [0.2, 0.25) is 0 Å². The largest absolute Gasteiger partial charge is 0.493 e. The van der Waals surface area contributed by atoms with Gasteiger partial charge in [0.1, 0.15) is 12.4 Å². The lowest BCUT2D eigenvalue weighted by molar-refractivity contribution is -0.139. The number of nitrogens with zero attached hydrogens (tertiary/aromatic N) is 3. The lowest BCUT2D eigenvalue weighted by atomic mass is 9.95. The molecule has 1 atom stereocenters. The number of methoxy groups -OCH3 is 1. The third kappa shape index (κ3) is 3.60. The molecule has 1 unspecified atom stereocenters. The number of fused-ring (bicyclic) bond motifs is 1. The number of anilines is 1. The van der Waals surface area contributed by atoms with Crippen molar-refractivity contribution in [1.82, 2.24) is 14.8 Å². The Labute approximate surface area is 158 Å².